The maximum Gasteiger partial charge on any atom is 0.316 e. The van der Waals surface area contributed by atoms with Crippen LogP contribution in [0.15, 0.2) is 47.4 Å². The van der Waals surface area contributed by atoms with E-state index in [4.69, 9.17) is 9.47 Å². The van der Waals surface area contributed by atoms with Crippen molar-refractivity contribution in [3.8, 4) is 5.75 Å². The zero-order valence-corrected chi connectivity index (χ0v) is 19.5. The summed E-state index contributed by atoms with van der Waals surface area (Å²) in [5.41, 5.74) is 1.47. The second-order valence-corrected chi connectivity index (χ2v) is 9.87. The molecule has 0 bridgehead atoms. The first-order valence-corrected chi connectivity index (χ1v) is 11.8. The molecule has 0 aromatic heterocycles. The summed E-state index contributed by atoms with van der Waals surface area (Å²) in [4.78, 5) is 24.7. The van der Waals surface area contributed by atoms with E-state index < -0.39 is 21.3 Å². The number of methoxy groups -OCH3 is 1. The van der Waals surface area contributed by atoms with Crippen molar-refractivity contribution in [2.24, 2.45) is 0 Å². The zero-order valence-electron chi connectivity index (χ0n) is 18.7. The van der Waals surface area contributed by atoms with Crippen molar-refractivity contribution in [1.82, 2.24) is 4.31 Å². The number of aryl methyl sites for hydroxylation is 1. The summed E-state index contributed by atoms with van der Waals surface area (Å²) in [6, 6.07) is 11.5. The summed E-state index contributed by atoms with van der Waals surface area (Å²) in [5.74, 6) is -0.110. The quantitative estimate of drug-likeness (QED) is 0.578. The van der Waals surface area contributed by atoms with Crippen LogP contribution in [0.2, 0.25) is 0 Å². The van der Waals surface area contributed by atoms with Gasteiger partial charge in [0.05, 0.1) is 30.6 Å². The van der Waals surface area contributed by atoms with E-state index in [1.54, 1.807) is 44.2 Å². The molecular weight excluding hydrogens is 432 g/mol. The molecule has 172 valence electrons. The van der Waals surface area contributed by atoms with Gasteiger partial charge in [0.25, 0.3) is 0 Å². The van der Waals surface area contributed by atoms with Crippen LogP contribution in [0.4, 0.5) is 5.69 Å². The molecule has 2 aromatic carbocycles. The van der Waals surface area contributed by atoms with Crippen molar-refractivity contribution in [2.75, 3.05) is 32.6 Å². The zero-order chi connectivity index (χ0) is 23.5. The number of carbonyl (C=O) groups excluding carboxylic acids is 2. The minimum atomic E-state index is -3.84. The van der Waals surface area contributed by atoms with E-state index in [1.807, 2.05) is 0 Å². The van der Waals surface area contributed by atoms with Gasteiger partial charge in [-0.2, -0.15) is 4.31 Å². The molecular formula is C23H28N2O6S. The number of anilines is 1. The fourth-order valence-corrected chi connectivity index (χ4v) is 4.77. The topological polar surface area (TPSA) is 102 Å². The number of ether oxygens (including phenoxy) is 2. The molecule has 32 heavy (non-hydrogen) atoms. The number of hydrogen-bond donors (Lipinski definition) is 1. The lowest BCUT2D eigenvalue weighted by atomic mass is 9.96. The largest absolute Gasteiger partial charge is 0.496 e. The molecule has 2 aromatic rings. The summed E-state index contributed by atoms with van der Waals surface area (Å²) >= 11 is 0. The predicted octanol–water partition coefficient (Wildman–Crippen LogP) is 2.86. The van der Waals surface area contributed by atoms with Gasteiger partial charge in [0.15, 0.2) is 0 Å². The lowest BCUT2D eigenvalue weighted by Crippen LogP contribution is -2.35. The molecule has 1 aliphatic rings. The van der Waals surface area contributed by atoms with Crippen LogP contribution in [0.3, 0.4) is 0 Å². The summed E-state index contributed by atoms with van der Waals surface area (Å²) in [6.45, 7) is 3.52. The summed E-state index contributed by atoms with van der Waals surface area (Å²) in [5, 5.41) is 2.70. The van der Waals surface area contributed by atoms with Gasteiger partial charge in [-0.05, 0) is 68.1 Å². The number of nitrogens with zero attached hydrogens (tertiary/aromatic N) is 1. The third-order valence-electron chi connectivity index (χ3n) is 5.58. The average Bonchev–Trinajstić information content (AvgIpc) is 3.56. The molecule has 1 N–H and O–H groups in total. The molecule has 0 unspecified atom stereocenters. The van der Waals surface area contributed by atoms with Crippen molar-refractivity contribution in [1.29, 1.82) is 0 Å². The molecule has 1 saturated carbocycles. The number of amides is 1. The Morgan fingerprint density at radius 2 is 1.78 bits per heavy atom. The van der Waals surface area contributed by atoms with E-state index >= 15 is 0 Å². The third kappa shape index (κ3) is 4.78. The Morgan fingerprint density at radius 3 is 2.31 bits per heavy atom. The Labute approximate surface area is 188 Å². The fraction of sp³-hybridized carbons (Fsp3) is 0.391. The number of rotatable bonds is 9. The van der Waals surface area contributed by atoms with Crippen LogP contribution >= 0.6 is 0 Å². The number of esters is 1. The lowest BCUT2D eigenvalue weighted by molar-refractivity contribution is -0.146. The van der Waals surface area contributed by atoms with Gasteiger partial charge in [-0.1, -0.05) is 12.1 Å². The molecule has 0 saturated heterocycles. The SMILES string of the molecule is CCOC(=O)C1(c2ccc(NC(=O)CN(C)S(=O)(=O)c3ccc(OC)c(C)c3)cc2)CC1. The number of carbonyl (C=O) groups is 2. The van der Waals surface area contributed by atoms with E-state index in [0.717, 1.165) is 22.7 Å². The van der Waals surface area contributed by atoms with E-state index in [9.17, 15) is 18.0 Å². The molecule has 0 atom stereocenters. The van der Waals surface area contributed by atoms with Crippen molar-refractivity contribution in [2.45, 2.75) is 37.0 Å². The Hall–Kier alpha value is -2.91. The fourth-order valence-electron chi connectivity index (χ4n) is 3.56. The molecule has 8 nitrogen and oxygen atoms in total. The Balaban J connectivity index is 1.64. The second-order valence-electron chi connectivity index (χ2n) is 7.82. The highest BCUT2D eigenvalue weighted by Crippen LogP contribution is 2.49. The van der Waals surface area contributed by atoms with Gasteiger partial charge in [-0.15, -0.1) is 0 Å². The first-order valence-electron chi connectivity index (χ1n) is 10.3. The van der Waals surface area contributed by atoms with Crippen molar-refractivity contribution in [3.05, 3.63) is 53.6 Å². The maximum atomic E-state index is 12.8. The van der Waals surface area contributed by atoms with Gasteiger partial charge >= 0.3 is 5.97 Å². The van der Waals surface area contributed by atoms with E-state index in [-0.39, 0.29) is 17.4 Å². The normalized spacial score (nSPS) is 14.7. The second kappa shape index (κ2) is 9.30. The van der Waals surface area contributed by atoms with Crippen LogP contribution in [-0.4, -0.2) is 51.9 Å². The maximum absolute atomic E-state index is 12.8. The van der Waals surface area contributed by atoms with Crippen LogP contribution in [-0.2, 0) is 29.8 Å². The molecule has 9 heteroatoms. The molecule has 0 radical (unpaired) electrons. The Bertz CT molecular complexity index is 1110. The van der Waals surface area contributed by atoms with Crippen molar-refractivity contribution in [3.63, 3.8) is 0 Å². The highest BCUT2D eigenvalue weighted by atomic mass is 32.2. The first kappa shape index (κ1) is 23.7. The Morgan fingerprint density at radius 1 is 1.12 bits per heavy atom. The predicted molar refractivity (Wildman–Crippen MR) is 120 cm³/mol. The van der Waals surface area contributed by atoms with Gasteiger partial charge in [0.2, 0.25) is 15.9 Å². The smallest absolute Gasteiger partial charge is 0.316 e. The lowest BCUT2D eigenvalue weighted by Gasteiger charge is -2.18. The highest BCUT2D eigenvalue weighted by molar-refractivity contribution is 7.89. The van der Waals surface area contributed by atoms with Gasteiger partial charge in [0, 0.05) is 12.7 Å². The first-order chi connectivity index (χ1) is 15.1. The molecule has 1 amide bonds. The van der Waals surface area contributed by atoms with Crippen molar-refractivity contribution < 1.29 is 27.5 Å². The number of hydrogen-bond acceptors (Lipinski definition) is 6. The van der Waals surface area contributed by atoms with E-state index in [0.29, 0.717) is 23.6 Å². The molecule has 0 spiro atoms. The van der Waals surface area contributed by atoms with Crippen LogP contribution < -0.4 is 10.1 Å². The Kier molecular flexibility index (Phi) is 6.90. The molecule has 3 rings (SSSR count). The summed E-state index contributed by atoms with van der Waals surface area (Å²) in [7, 11) is -0.971. The standard InChI is InChI=1S/C23H28N2O6S/c1-5-31-22(27)23(12-13-23)17-6-8-18(9-7-17)24-21(26)15-25(3)32(28,29)19-10-11-20(30-4)16(2)14-19/h6-11,14H,5,12-13,15H2,1-4H3,(H,24,26). The average molecular weight is 461 g/mol. The van der Waals surface area contributed by atoms with Gasteiger partial charge in [0.1, 0.15) is 5.75 Å². The number of benzene rings is 2. The summed E-state index contributed by atoms with van der Waals surface area (Å²) < 4.78 is 37.0. The summed E-state index contributed by atoms with van der Waals surface area (Å²) in [6.07, 6.45) is 1.48. The number of nitrogens with one attached hydrogen (secondary N) is 1. The van der Waals surface area contributed by atoms with Crippen molar-refractivity contribution >= 4 is 27.6 Å². The van der Waals surface area contributed by atoms with Crippen LogP contribution in [0.1, 0.15) is 30.9 Å². The van der Waals surface area contributed by atoms with Gasteiger partial charge < -0.3 is 14.8 Å². The minimum Gasteiger partial charge on any atom is -0.496 e. The molecule has 0 heterocycles. The molecule has 0 aliphatic heterocycles. The molecule has 1 aliphatic carbocycles. The minimum absolute atomic E-state index is 0.0872. The van der Waals surface area contributed by atoms with Gasteiger partial charge in [-0.3, -0.25) is 9.59 Å². The monoisotopic (exact) mass is 460 g/mol. The number of sulfonamides is 1. The number of likely N-dealkylation sites (N-methyl/N-ethyl adjacent to an activating group) is 1. The highest BCUT2D eigenvalue weighted by Gasteiger charge is 2.52. The van der Waals surface area contributed by atoms with E-state index in [2.05, 4.69) is 5.32 Å². The van der Waals surface area contributed by atoms with Crippen LogP contribution in [0, 0.1) is 6.92 Å². The van der Waals surface area contributed by atoms with Gasteiger partial charge in [-0.25, -0.2) is 8.42 Å². The van der Waals surface area contributed by atoms with E-state index in [1.165, 1.54) is 26.3 Å². The van der Waals surface area contributed by atoms with Crippen LogP contribution in [0.25, 0.3) is 0 Å². The molecule has 1 fully saturated rings. The third-order valence-corrected chi connectivity index (χ3v) is 7.38. The van der Waals surface area contributed by atoms with Crippen LogP contribution in [0.5, 0.6) is 5.75 Å².